The van der Waals surface area contributed by atoms with Crippen LogP contribution < -0.4 is 10.2 Å². The molecule has 1 aromatic heterocycles. The number of aryl methyl sites for hydroxylation is 3. The van der Waals surface area contributed by atoms with Gasteiger partial charge in [-0.15, -0.1) is 11.3 Å². The molecule has 0 saturated carbocycles. The van der Waals surface area contributed by atoms with Crippen LogP contribution >= 0.6 is 11.3 Å². The zero-order valence-electron chi connectivity index (χ0n) is 13.1. The average molecular weight is 316 g/mol. The molecule has 0 atom stereocenters. The van der Waals surface area contributed by atoms with Gasteiger partial charge in [0.25, 0.3) is 5.91 Å². The maximum absolute atomic E-state index is 11.7. The Kier molecular flexibility index (Phi) is 5.72. The van der Waals surface area contributed by atoms with Crippen LogP contribution in [0, 0.1) is 13.8 Å². The second kappa shape index (κ2) is 7.75. The molecule has 0 unspecified atom stereocenters. The summed E-state index contributed by atoms with van der Waals surface area (Å²) in [6.07, 6.45) is 2.59. The largest absolute Gasteiger partial charge is 0.484 e. The number of nitrogens with zero attached hydrogens (tertiary/aromatic N) is 1. The summed E-state index contributed by atoms with van der Waals surface area (Å²) in [6.45, 7) is 6.06. The Morgan fingerprint density at radius 2 is 2.18 bits per heavy atom. The van der Waals surface area contributed by atoms with Gasteiger partial charge in [0.2, 0.25) is 0 Å². The third-order valence-corrected chi connectivity index (χ3v) is 4.12. The molecule has 2 rings (SSSR count). The van der Waals surface area contributed by atoms with E-state index in [9.17, 15) is 4.79 Å². The SMILES string of the molecule is CCc1cc(C)cc(OCC(=O)N/N=C/c2sccc2C)c1. The van der Waals surface area contributed by atoms with Crippen molar-refractivity contribution >= 4 is 23.5 Å². The van der Waals surface area contributed by atoms with Gasteiger partial charge in [-0.3, -0.25) is 4.79 Å². The monoisotopic (exact) mass is 316 g/mol. The number of hydrogen-bond acceptors (Lipinski definition) is 4. The number of benzene rings is 1. The van der Waals surface area contributed by atoms with E-state index in [0.29, 0.717) is 5.75 Å². The fraction of sp³-hybridized carbons (Fsp3) is 0.294. The van der Waals surface area contributed by atoms with Crippen molar-refractivity contribution in [2.75, 3.05) is 6.61 Å². The van der Waals surface area contributed by atoms with Gasteiger partial charge in [0.05, 0.1) is 6.21 Å². The topological polar surface area (TPSA) is 50.7 Å². The molecule has 5 heteroatoms. The minimum atomic E-state index is -0.273. The van der Waals surface area contributed by atoms with Crippen LogP contribution in [0.5, 0.6) is 5.75 Å². The van der Waals surface area contributed by atoms with Gasteiger partial charge in [-0.05, 0) is 60.5 Å². The number of ether oxygens (including phenoxy) is 1. The first-order valence-electron chi connectivity index (χ1n) is 7.18. The number of nitrogens with one attached hydrogen (secondary N) is 1. The van der Waals surface area contributed by atoms with Crippen LogP contribution in [0.4, 0.5) is 0 Å². The molecule has 0 aliphatic heterocycles. The molecule has 1 heterocycles. The lowest BCUT2D eigenvalue weighted by atomic mass is 10.1. The van der Waals surface area contributed by atoms with Crippen LogP contribution in [0.2, 0.25) is 0 Å². The zero-order chi connectivity index (χ0) is 15.9. The molecule has 0 saturated heterocycles. The van der Waals surface area contributed by atoms with Gasteiger partial charge in [-0.1, -0.05) is 13.0 Å². The van der Waals surface area contributed by atoms with Gasteiger partial charge >= 0.3 is 0 Å². The summed E-state index contributed by atoms with van der Waals surface area (Å²) in [7, 11) is 0. The number of carbonyl (C=O) groups excluding carboxylic acids is 1. The van der Waals surface area contributed by atoms with E-state index >= 15 is 0 Å². The van der Waals surface area contributed by atoms with Gasteiger partial charge in [-0.25, -0.2) is 5.43 Å². The van der Waals surface area contributed by atoms with Crippen molar-refractivity contribution in [3.8, 4) is 5.75 Å². The number of carbonyl (C=O) groups is 1. The third kappa shape index (κ3) is 4.70. The maximum atomic E-state index is 11.7. The van der Waals surface area contributed by atoms with E-state index in [1.165, 1.54) is 5.56 Å². The lowest BCUT2D eigenvalue weighted by molar-refractivity contribution is -0.123. The molecule has 1 aromatic carbocycles. The molecule has 116 valence electrons. The Morgan fingerprint density at radius 3 is 2.86 bits per heavy atom. The standard InChI is InChI=1S/C17H20N2O2S/c1-4-14-7-12(2)8-15(9-14)21-11-17(20)19-18-10-16-13(3)5-6-22-16/h5-10H,4,11H2,1-3H3,(H,19,20)/b18-10+. The van der Waals surface area contributed by atoms with E-state index in [4.69, 9.17) is 4.74 Å². The molecule has 0 spiro atoms. The fourth-order valence-corrected chi connectivity index (χ4v) is 2.76. The van der Waals surface area contributed by atoms with Crippen molar-refractivity contribution in [3.63, 3.8) is 0 Å². The van der Waals surface area contributed by atoms with Crippen molar-refractivity contribution in [3.05, 3.63) is 51.2 Å². The lowest BCUT2D eigenvalue weighted by Crippen LogP contribution is -2.24. The molecule has 1 N–H and O–H groups in total. The maximum Gasteiger partial charge on any atom is 0.277 e. The van der Waals surface area contributed by atoms with Crippen LogP contribution in [-0.2, 0) is 11.2 Å². The van der Waals surface area contributed by atoms with Gasteiger partial charge in [0.15, 0.2) is 6.61 Å². The second-order valence-corrected chi connectivity index (χ2v) is 6.01. The van der Waals surface area contributed by atoms with Crippen molar-refractivity contribution in [1.29, 1.82) is 0 Å². The molecule has 22 heavy (non-hydrogen) atoms. The van der Waals surface area contributed by atoms with Crippen molar-refractivity contribution < 1.29 is 9.53 Å². The number of thiophene rings is 1. The molecule has 2 aromatic rings. The van der Waals surface area contributed by atoms with Crippen LogP contribution in [0.1, 0.15) is 28.5 Å². The second-order valence-electron chi connectivity index (χ2n) is 5.06. The summed E-state index contributed by atoms with van der Waals surface area (Å²) in [6, 6.07) is 8.00. The van der Waals surface area contributed by atoms with Crippen LogP contribution in [0.15, 0.2) is 34.7 Å². The first-order chi connectivity index (χ1) is 10.6. The van der Waals surface area contributed by atoms with Crippen molar-refractivity contribution in [2.45, 2.75) is 27.2 Å². The Hall–Kier alpha value is -2.14. The zero-order valence-corrected chi connectivity index (χ0v) is 13.9. The van der Waals surface area contributed by atoms with E-state index in [0.717, 1.165) is 22.4 Å². The molecule has 1 amide bonds. The van der Waals surface area contributed by atoms with Gasteiger partial charge < -0.3 is 4.74 Å². The molecular formula is C17H20N2O2S. The Morgan fingerprint density at radius 1 is 1.36 bits per heavy atom. The molecular weight excluding hydrogens is 296 g/mol. The van der Waals surface area contributed by atoms with E-state index in [1.807, 2.05) is 37.4 Å². The predicted octanol–water partition coefficient (Wildman–Crippen LogP) is 3.46. The average Bonchev–Trinajstić information content (AvgIpc) is 2.90. The highest BCUT2D eigenvalue weighted by molar-refractivity contribution is 7.11. The van der Waals surface area contributed by atoms with Crippen LogP contribution in [0.3, 0.4) is 0 Å². The molecule has 0 aliphatic rings. The summed E-state index contributed by atoms with van der Waals surface area (Å²) in [5.41, 5.74) is 5.94. The van der Waals surface area contributed by atoms with E-state index in [2.05, 4.69) is 23.5 Å². The summed E-state index contributed by atoms with van der Waals surface area (Å²) in [4.78, 5) is 12.8. The minimum Gasteiger partial charge on any atom is -0.484 e. The number of rotatable bonds is 6. The Bertz CT molecular complexity index is 677. The van der Waals surface area contributed by atoms with Crippen LogP contribution in [-0.4, -0.2) is 18.7 Å². The lowest BCUT2D eigenvalue weighted by Gasteiger charge is -2.08. The van der Waals surface area contributed by atoms with E-state index in [-0.39, 0.29) is 12.5 Å². The van der Waals surface area contributed by atoms with E-state index in [1.54, 1.807) is 17.6 Å². The number of amides is 1. The normalized spacial score (nSPS) is 10.9. The minimum absolute atomic E-state index is 0.0482. The van der Waals surface area contributed by atoms with Crippen molar-refractivity contribution in [1.82, 2.24) is 5.43 Å². The first-order valence-corrected chi connectivity index (χ1v) is 8.06. The highest BCUT2D eigenvalue weighted by Crippen LogP contribution is 2.17. The molecule has 0 bridgehead atoms. The number of hydrazone groups is 1. The molecule has 4 nitrogen and oxygen atoms in total. The number of hydrogen-bond donors (Lipinski definition) is 1. The van der Waals surface area contributed by atoms with Crippen molar-refractivity contribution in [2.24, 2.45) is 5.10 Å². The highest BCUT2D eigenvalue weighted by atomic mass is 32.1. The smallest absolute Gasteiger partial charge is 0.277 e. The summed E-state index contributed by atoms with van der Waals surface area (Å²) in [5, 5.41) is 5.93. The van der Waals surface area contributed by atoms with Gasteiger partial charge in [0, 0.05) is 4.88 Å². The summed E-state index contributed by atoms with van der Waals surface area (Å²) in [5.74, 6) is 0.440. The Labute approximate surface area is 134 Å². The first kappa shape index (κ1) is 16.2. The van der Waals surface area contributed by atoms with E-state index < -0.39 is 0 Å². The van der Waals surface area contributed by atoms with Gasteiger partial charge in [-0.2, -0.15) is 5.10 Å². The highest BCUT2D eigenvalue weighted by Gasteiger charge is 2.03. The molecule has 0 fully saturated rings. The predicted molar refractivity (Wildman–Crippen MR) is 90.8 cm³/mol. The molecule has 0 radical (unpaired) electrons. The fourth-order valence-electron chi connectivity index (χ4n) is 1.97. The third-order valence-electron chi connectivity index (χ3n) is 3.16. The Balaban J connectivity index is 1.84. The summed E-state index contributed by atoms with van der Waals surface area (Å²) >= 11 is 1.59. The van der Waals surface area contributed by atoms with Gasteiger partial charge in [0.1, 0.15) is 5.75 Å². The van der Waals surface area contributed by atoms with Crippen LogP contribution in [0.25, 0.3) is 0 Å². The quantitative estimate of drug-likeness (QED) is 0.655. The summed E-state index contributed by atoms with van der Waals surface area (Å²) < 4.78 is 5.52. The molecule has 0 aliphatic carbocycles.